The van der Waals surface area contributed by atoms with Gasteiger partial charge >= 0.3 is 0 Å². The Labute approximate surface area is 167 Å². The smallest absolute Gasteiger partial charge is 0.261 e. The molecule has 27 heavy (non-hydrogen) atoms. The maximum absolute atomic E-state index is 12.8. The normalized spacial score (nSPS) is 16.4. The second kappa shape index (κ2) is 9.62. The fourth-order valence-electron chi connectivity index (χ4n) is 3.25. The molecule has 5 nitrogen and oxygen atoms in total. The molecule has 1 aliphatic rings. The summed E-state index contributed by atoms with van der Waals surface area (Å²) in [5.74, 6) is 1.51. The van der Waals surface area contributed by atoms with E-state index in [4.69, 9.17) is 9.47 Å². The molecule has 1 atom stereocenters. The van der Waals surface area contributed by atoms with Crippen LogP contribution in [-0.4, -0.2) is 44.2 Å². The van der Waals surface area contributed by atoms with Crippen molar-refractivity contribution in [2.24, 2.45) is 0 Å². The molecule has 3 rings (SSSR count). The van der Waals surface area contributed by atoms with Gasteiger partial charge in [0.05, 0.1) is 13.2 Å². The Bertz CT molecular complexity index is 782. The summed E-state index contributed by atoms with van der Waals surface area (Å²) in [5, 5.41) is 3.37. The first-order chi connectivity index (χ1) is 12.6. The lowest BCUT2D eigenvalue weighted by Gasteiger charge is -2.37. The number of ether oxygens (including phenoxy) is 2. The number of halogens is 1. The second-order valence-electron chi connectivity index (χ2n) is 6.58. The highest BCUT2D eigenvalue weighted by Crippen LogP contribution is 2.30. The van der Waals surface area contributed by atoms with Crippen molar-refractivity contribution in [2.75, 3.05) is 33.4 Å². The summed E-state index contributed by atoms with van der Waals surface area (Å²) < 4.78 is 11.2. The lowest BCUT2D eigenvalue weighted by Crippen LogP contribution is -2.50. The number of carbonyl (C=O) groups is 1. The number of methoxy groups -OCH3 is 1. The topological polar surface area (TPSA) is 50.8 Å². The van der Waals surface area contributed by atoms with E-state index in [0.29, 0.717) is 13.1 Å². The van der Waals surface area contributed by atoms with E-state index in [2.05, 4.69) is 12.2 Å². The quantitative estimate of drug-likeness (QED) is 0.851. The maximum Gasteiger partial charge on any atom is 0.261 e. The van der Waals surface area contributed by atoms with Crippen molar-refractivity contribution in [3.05, 3.63) is 59.2 Å². The fraction of sp³-hybridized carbons (Fsp3) is 0.381. The van der Waals surface area contributed by atoms with Gasteiger partial charge in [-0.1, -0.05) is 24.3 Å². The summed E-state index contributed by atoms with van der Waals surface area (Å²) in [6, 6.07) is 13.7. The van der Waals surface area contributed by atoms with Gasteiger partial charge in [0.2, 0.25) is 0 Å². The average Bonchev–Trinajstić information content (AvgIpc) is 2.68. The van der Waals surface area contributed by atoms with Crippen molar-refractivity contribution < 1.29 is 14.3 Å². The zero-order valence-electron chi connectivity index (χ0n) is 16.0. The Hall–Kier alpha value is -2.24. The van der Waals surface area contributed by atoms with Gasteiger partial charge in [0.1, 0.15) is 11.5 Å². The van der Waals surface area contributed by atoms with Crippen LogP contribution in [0.5, 0.6) is 11.5 Å². The van der Waals surface area contributed by atoms with Crippen LogP contribution in [0.3, 0.4) is 0 Å². The first-order valence-electron chi connectivity index (χ1n) is 8.93. The predicted molar refractivity (Wildman–Crippen MR) is 109 cm³/mol. The van der Waals surface area contributed by atoms with Crippen LogP contribution in [0, 0.1) is 13.8 Å². The number of benzene rings is 2. The second-order valence-corrected chi connectivity index (χ2v) is 6.58. The van der Waals surface area contributed by atoms with E-state index in [0.717, 1.165) is 29.2 Å². The molecule has 1 saturated heterocycles. The van der Waals surface area contributed by atoms with Crippen molar-refractivity contribution in [1.29, 1.82) is 0 Å². The van der Waals surface area contributed by atoms with E-state index in [1.165, 1.54) is 5.56 Å². The zero-order valence-corrected chi connectivity index (χ0v) is 16.8. The molecular weight excluding hydrogens is 364 g/mol. The molecule has 0 radical (unpaired) electrons. The number of rotatable bonds is 5. The van der Waals surface area contributed by atoms with Gasteiger partial charge < -0.3 is 19.7 Å². The Morgan fingerprint density at radius 2 is 1.96 bits per heavy atom. The SMILES string of the molecule is COc1ccccc1C1CNCCN1C(=O)COc1ccc(C)c(C)c1.Cl. The molecule has 1 amide bonds. The van der Waals surface area contributed by atoms with Crippen LogP contribution < -0.4 is 14.8 Å². The number of para-hydroxylation sites is 1. The van der Waals surface area contributed by atoms with Crippen LogP contribution in [0.1, 0.15) is 22.7 Å². The molecule has 1 fully saturated rings. The summed E-state index contributed by atoms with van der Waals surface area (Å²) in [7, 11) is 1.66. The summed E-state index contributed by atoms with van der Waals surface area (Å²) >= 11 is 0. The Morgan fingerprint density at radius 3 is 2.70 bits per heavy atom. The fourth-order valence-corrected chi connectivity index (χ4v) is 3.25. The molecule has 0 saturated carbocycles. The molecule has 0 aliphatic carbocycles. The van der Waals surface area contributed by atoms with Gasteiger partial charge in [-0.3, -0.25) is 4.79 Å². The van der Waals surface area contributed by atoms with Crippen molar-refractivity contribution in [2.45, 2.75) is 19.9 Å². The van der Waals surface area contributed by atoms with Crippen LogP contribution in [0.25, 0.3) is 0 Å². The molecule has 2 aromatic rings. The average molecular weight is 391 g/mol. The summed E-state index contributed by atoms with van der Waals surface area (Å²) in [6.45, 7) is 6.27. The lowest BCUT2D eigenvalue weighted by molar-refractivity contribution is -0.136. The highest BCUT2D eigenvalue weighted by atomic mass is 35.5. The molecule has 6 heteroatoms. The van der Waals surface area contributed by atoms with E-state index >= 15 is 0 Å². The van der Waals surface area contributed by atoms with Crippen LogP contribution in [0.2, 0.25) is 0 Å². The molecule has 0 aromatic heterocycles. The number of hydrogen-bond acceptors (Lipinski definition) is 4. The van der Waals surface area contributed by atoms with E-state index in [-0.39, 0.29) is 31.0 Å². The summed E-state index contributed by atoms with van der Waals surface area (Å²) in [4.78, 5) is 14.7. The number of nitrogens with zero attached hydrogens (tertiary/aromatic N) is 1. The molecule has 1 heterocycles. The number of aryl methyl sites for hydroxylation is 2. The van der Waals surface area contributed by atoms with E-state index in [9.17, 15) is 4.79 Å². The molecule has 1 aliphatic heterocycles. The minimum atomic E-state index is -0.0595. The predicted octanol–water partition coefficient (Wildman–Crippen LogP) is 3.29. The molecule has 1 unspecified atom stereocenters. The maximum atomic E-state index is 12.8. The Morgan fingerprint density at radius 1 is 1.19 bits per heavy atom. The summed E-state index contributed by atoms with van der Waals surface area (Å²) in [6.07, 6.45) is 0. The highest BCUT2D eigenvalue weighted by Gasteiger charge is 2.29. The van der Waals surface area contributed by atoms with Gasteiger partial charge in [0.25, 0.3) is 5.91 Å². The molecule has 146 valence electrons. The molecule has 2 aromatic carbocycles. The van der Waals surface area contributed by atoms with Crippen LogP contribution in [0.4, 0.5) is 0 Å². The number of piperazine rings is 1. The Balaban J connectivity index is 0.00000261. The molecular formula is C21H27ClN2O3. The third-order valence-electron chi connectivity index (χ3n) is 4.90. The Kier molecular flexibility index (Phi) is 7.51. The van der Waals surface area contributed by atoms with Gasteiger partial charge in [-0.05, 0) is 43.2 Å². The number of nitrogens with one attached hydrogen (secondary N) is 1. The van der Waals surface area contributed by atoms with Gasteiger partial charge in [0.15, 0.2) is 6.61 Å². The molecule has 1 N–H and O–H groups in total. The van der Waals surface area contributed by atoms with Crippen LogP contribution in [0.15, 0.2) is 42.5 Å². The first kappa shape index (κ1) is 21.1. The van der Waals surface area contributed by atoms with E-state index in [1.54, 1.807) is 7.11 Å². The third kappa shape index (κ3) is 4.93. The standard InChI is InChI=1S/C21H26N2O3.ClH/c1-15-8-9-17(12-16(15)2)26-14-21(24)23-11-10-22-13-19(23)18-6-4-5-7-20(18)25-3;/h4-9,12,19,22H,10-11,13-14H2,1-3H3;1H. The minimum absolute atomic E-state index is 0. The number of hydrogen-bond donors (Lipinski definition) is 1. The minimum Gasteiger partial charge on any atom is -0.496 e. The van der Waals surface area contributed by atoms with Crippen molar-refractivity contribution in [1.82, 2.24) is 10.2 Å². The monoisotopic (exact) mass is 390 g/mol. The number of carbonyl (C=O) groups excluding carboxylic acids is 1. The molecule has 0 spiro atoms. The highest BCUT2D eigenvalue weighted by molar-refractivity contribution is 5.85. The largest absolute Gasteiger partial charge is 0.496 e. The summed E-state index contributed by atoms with van der Waals surface area (Å²) in [5.41, 5.74) is 3.38. The van der Waals surface area contributed by atoms with E-state index in [1.807, 2.05) is 54.3 Å². The number of amides is 1. The van der Waals surface area contributed by atoms with Gasteiger partial charge in [0, 0.05) is 25.2 Å². The van der Waals surface area contributed by atoms with Crippen LogP contribution >= 0.6 is 12.4 Å². The molecule has 0 bridgehead atoms. The lowest BCUT2D eigenvalue weighted by atomic mass is 10.0. The third-order valence-corrected chi connectivity index (χ3v) is 4.90. The van der Waals surface area contributed by atoms with Crippen molar-refractivity contribution in [3.8, 4) is 11.5 Å². The zero-order chi connectivity index (χ0) is 18.5. The first-order valence-corrected chi connectivity index (χ1v) is 8.93. The van der Waals surface area contributed by atoms with Crippen LogP contribution in [-0.2, 0) is 4.79 Å². The van der Waals surface area contributed by atoms with Gasteiger partial charge in [-0.15, -0.1) is 12.4 Å². The van der Waals surface area contributed by atoms with Crippen molar-refractivity contribution in [3.63, 3.8) is 0 Å². The van der Waals surface area contributed by atoms with Gasteiger partial charge in [-0.2, -0.15) is 0 Å². The van der Waals surface area contributed by atoms with Crippen molar-refractivity contribution >= 4 is 18.3 Å². The van der Waals surface area contributed by atoms with E-state index < -0.39 is 0 Å². The van der Waals surface area contributed by atoms with Gasteiger partial charge in [-0.25, -0.2) is 0 Å².